The molecule has 1 aromatic carbocycles. The fourth-order valence-electron chi connectivity index (χ4n) is 6.32. The largest absolute Gasteiger partial charge is 0.368 e. The van der Waals surface area contributed by atoms with Gasteiger partial charge in [0.15, 0.2) is 11.6 Å². The normalized spacial score (nSPS) is 30.2. The SMILES string of the molecule is N#Cc1cnc(NCc2cc(F)cc(F)c2F)nc1NCC12CC3CC(C1)C(N)[C@H](C3)C2. The van der Waals surface area contributed by atoms with Crippen LogP contribution in [0, 0.1) is 52.0 Å². The number of halogens is 3. The quantitative estimate of drug-likeness (QED) is 0.586. The summed E-state index contributed by atoms with van der Waals surface area (Å²) in [5.74, 6) is -0.816. The molecule has 4 fully saturated rings. The zero-order valence-corrected chi connectivity index (χ0v) is 17.5. The van der Waals surface area contributed by atoms with Crippen molar-refractivity contribution in [2.75, 3.05) is 17.2 Å². The maximum Gasteiger partial charge on any atom is 0.224 e. The van der Waals surface area contributed by atoms with E-state index in [1.54, 1.807) is 0 Å². The van der Waals surface area contributed by atoms with Gasteiger partial charge in [0.05, 0.1) is 6.20 Å². The second-order valence-corrected chi connectivity index (χ2v) is 9.68. The van der Waals surface area contributed by atoms with E-state index >= 15 is 0 Å². The molecule has 9 heteroatoms. The Balaban J connectivity index is 1.30. The monoisotopic (exact) mass is 442 g/mol. The van der Waals surface area contributed by atoms with Crippen LogP contribution >= 0.6 is 0 Å². The molecule has 4 N–H and O–H groups in total. The van der Waals surface area contributed by atoms with Crippen LogP contribution in [0.25, 0.3) is 0 Å². The van der Waals surface area contributed by atoms with Crippen LogP contribution in [-0.2, 0) is 6.54 Å². The molecule has 168 valence electrons. The number of nitrogens with two attached hydrogens (primary N) is 1. The fraction of sp³-hybridized carbons (Fsp3) is 0.522. The van der Waals surface area contributed by atoms with E-state index in [1.807, 2.05) is 0 Å². The lowest BCUT2D eigenvalue weighted by Gasteiger charge is -2.59. The highest BCUT2D eigenvalue weighted by atomic mass is 19.2. The molecule has 4 unspecified atom stereocenters. The fourth-order valence-corrected chi connectivity index (χ4v) is 6.32. The molecule has 0 radical (unpaired) electrons. The number of rotatable bonds is 6. The number of hydrogen-bond acceptors (Lipinski definition) is 6. The van der Waals surface area contributed by atoms with E-state index < -0.39 is 17.5 Å². The molecule has 6 rings (SSSR count). The lowest BCUT2D eigenvalue weighted by atomic mass is 9.48. The summed E-state index contributed by atoms with van der Waals surface area (Å²) in [6.45, 7) is 0.511. The number of aromatic nitrogens is 2. The van der Waals surface area contributed by atoms with Crippen LogP contribution in [-0.4, -0.2) is 22.6 Å². The summed E-state index contributed by atoms with van der Waals surface area (Å²) in [6.07, 6.45) is 7.19. The van der Waals surface area contributed by atoms with E-state index in [0.29, 0.717) is 41.9 Å². The van der Waals surface area contributed by atoms with E-state index in [-0.39, 0.29) is 23.5 Å². The number of nitrogens with zero attached hydrogens (tertiary/aromatic N) is 3. The molecular weight excluding hydrogens is 417 g/mol. The second kappa shape index (κ2) is 7.93. The van der Waals surface area contributed by atoms with Gasteiger partial charge in [-0.25, -0.2) is 18.2 Å². The van der Waals surface area contributed by atoms with Crippen LogP contribution in [0.1, 0.15) is 43.2 Å². The molecule has 4 aliphatic rings. The van der Waals surface area contributed by atoms with Crippen molar-refractivity contribution >= 4 is 11.8 Å². The van der Waals surface area contributed by atoms with Gasteiger partial charge in [0.2, 0.25) is 5.95 Å². The van der Waals surface area contributed by atoms with Gasteiger partial charge in [-0.05, 0) is 61.3 Å². The third-order valence-electron chi connectivity index (χ3n) is 7.52. The van der Waals surface area contributed by atoms with Crippen molar-refractivity contribution in [3.63, 3.8) is 0 Å². The number of hydrogen-bond donors (Lipinski definition) is 3. The summed E-state index contributed by atoms with van der Waals surface area (Å²) >= 11 is 0. The average Bonchev–Trinajstić information content (AvgIpc) is 2.77. The van der Waals surface area contributed by atoms with Crippen LogP contribution < -0.4 is 16.4 Å². The third-order valence-corrected chi connectivity index (χ3v) is 7.52. The van der Waals surface area contributed by atoms with Gasteiger partial charge in [0.1, 0.15) is 23.3 Å². The molecule has 0 amide bonds. The van der Waals surface area contributed by atoms with Crippen LogP contribution in [0.4, 0.5) is 24.9 Å². The zero-order chi connectivity index (χ0) is 22.5. The topological polar surface area (TPSA) is 99.6 Å². The van der Waals surface area contributed by atoms with Crippen molar-refractivity contribution in [1.82, 2.24) is 9.97 Å². The molecule has 5 atom stereocenters. The first-order chi connectivity index (χ1) is 15.4. The van der Waals surface area contributed by atoms with Crippen LogP contribution in [0.5, 0.6) is 0 Å². The first kappa shape index (κ1) is 21.0. The van der Waals surface area contributed by atoms with Gasteiger partial charge in [0.25, 0.3) is 0 Å². The highest BCUT2D eigenvalue weighted by Crippen LogP contribution is 2.59. The zero-order valence-electron chi connectivity index (χ0n) is 17.5. The Morgan fingerprint density at radius 3 is 2.59 bits per heavy atom. The Kier molecular flexibility index (Phi) is 5.20. The molecule has 2 aromatic rings. The van der Waals surface area contributed by atoms with Crippen LogP contribution in [0.3, 0.4) is 0 Å². The maximum atomic E-state index is 13.9. The Morgan fingerprint density at radius 1 is 1.12 bits per heavy atom. The van der Waals surface area contributed by atoms with E-state index in [9.17, 15) is 18.4 Å². The third kappa shape index (κ3) is 3.77. The standard InChI is InChI=1S/C23H25F3N6/c24-17-3-15(19(26)18(25)4-17)9-29-22-30-10-16(8-27)21(32-22)31-11-23-5-12-1-13(6-23)20(28)14(2-12)7-23/h3-4,10,12-14,20H,1-2,5-7,9,11,28H2,(H2,29,30,31,32)/t12?,13-,14?,20?,23?/m1/s1. The van der Waals surface area contributed by atoms with Crippen molar-refractivity contribution in [2.45, 2.75) is 44.7 Å². The molecule has 0 aliphatic heterocycles. The summed E-state index contributed by atoms with van der Waals surface area (Å²) in [6, 6.07) is 3.81. The number of benzene rings is 1. The average molecular weight is 442 g/mol. The van der Waals surface area contributed by atoms with Crippen LogP contribution in [0.15, 0.2) is 18.3 Å². The van der Waals surface area contributed by atoms with Crippen LogP contribution in [0.2, 0.25) is 0 Å². The molecule has 0 saturated heterocycles. The van der Waals surface area contributed by atoms with Crippen molar-refractivity contribution in [2.24, 2.45) is 28.9 Å². The number of anilines is 2. The van der Waals surface area contributed by atoms with Gasteiger partial charge in [0, 0.05) is 30.8 Å². The molecule has 4 bridgehead atoms. The minimum absolute atomic E-state index is 0.142. The van der Waals surface area contributed by atoms with E-state index in [0.717, 1.165) is 24.8 Å². The molecule has 0 spiro atoms. The predicted octanol–water partition coefficient (Wildman–Crippen LogP) is 3.94. The first-order valence-corrected chi connectivity index (χ1v) is 11.0. The van der Waals surface area contributed by atoms with Crippen molar-refractivity contribution in [3.8, 4) is 6.07 Å². The van der Waals surface area contributed by atoms with E-state index in [2.05, 4.69) is 26.7 Å². The van der Waals surface area contributed by atoms with Gasteiger partial charge in [-0.1, -0.05) is 0 Å². The highest BCUT2D eigenvalue weighted by Gasteiger charge is 2.54. The summed E-state index contributed by atoms with van der Waals surface area (Å²) in [5.41, 5.74) is 6.74. The summed E-state index contributed by atoms with van der Waals surface area (Å²) in [4.78, 5) is 8.45. The van der Waals surface area contributed by atoms with Gasteiger partial charge >= 0.3 is 0 Å². The van der Waals surface area contributed by atoms with Crippen molar-refractivity contribution in [1.29, 1.82) is 5.26 Å². The summed E-state index contributed by atoms with van der Waals surface area (Å²) in [5, 5.41) is 15.6. The predicted molar refractivity (Wildman–Crippen MR) is 113 cm³/mol. The van der Waals surface area contributed by atoms with Gasteiger partial charge in [-0.2, -0.15) is 10.2 Å². The minimum Gasteiger partial charge on any atom is -0.368 e. The van der Waals surface area contributed by atoms with E-state index in [1.165, 1.54) is 25.5 Å². The Labute approximate surface area is 184 Å². The number of nitriles is 1. The lowest BCUT2D eigenvalue weighted by molar-refractivity contribution is -0.0591. The minimum atomic E-state index is -1.25. The molecule has 4 aliphatic carbocycles. The van der Waals surface area contributed by atoms with Gasteiger partial charge < -0.3 is 16.4 Å². The molecule has 1 heterocycles. The lowest BCUT2D eigenvalue weighted by Crippen LogP contribution is -2.58. The number of nitrogens with one attached hydrogen (secondary N) is 2. The molecule has 4 saturated carbocycles. The highest BCUT2D eigenvalue weighted by molar-refractivity contribution is 5.53. The van der Waals surface area contributed by atoms with Gasteiger partial charge in [-0.3, -0.25) is 0 Å². The molecule has 32 heavy (non-hydrogen) atoms. The molecule has 1 aromatic heterocycles. The Bertz CT molecular complexity index is 1070. The smallest absolute Gasteiger partial charge is 0.224 e. The van der Waals surface area contributed by atoms with Gasteiger partial charge in [-0.15, -0.1) is 0 Å². The molecule has 6 nitrogen and oxygen atoms in total. The second-order valence-electron chi connectivity index (χ2n) is 9.68. The Morgan fingerprint density at radius 2 is 1.88 bits per heavy atom. The van der Waals surface area contributed by atoms with E-state index in [4.69, 9.17) is 5.73 Å². The first-order valence-electron chi connectivity index (χ1n) is 11.0. The maximum absolute atomic E-state index is 13.9. The Hall–Kier alpha value is -2.86. The summed E-state index contributed by atoms with van der Waals surface area (Å²) < 4.78 is 40.7. The molecular formula is C23H25F3N6. The van der Waals surface area contributed by atoms with Crippen molar-refractivity contribution in [3.05, 3.63) is 46.9 Å². The van der Waals surface area contributed by atoms with Crippen molar-refractivity contribution < 1.29 is 13.2 Å². The summed E-state index contributed by atoms with van der Waals surface area (Å²) in [7, 11) is 0.